The van der Waals surface area contributed by atoms with Gasteiger partial charge in [0.05, 0.1) is 5.56 Å². The largest absolute Gasteiger partial charge is 0.507 e. The van der Waals surface area contributed by atoms with Gasteiger partial charge in [0.2, 0.25) is 0 Å². The SMILES string of the molecule is O=C(c1ccncc1)c1cc(F)ccc1O. The zero-order valence-corrected chi connectivity index (χ0v) is 8.22. The van der Waals surface area contributed by atoms with Crippen LogP contribution in [0.5, 0.6) is 5.75 Å². The van der Waals surface area contributed by atoms with Crippen LogP contribution in [0.25, 0.3) is 0 Å². The van der Waals surface area contributed by atoms with Gasteiger partial charge < -0.3 is 5.11 Å². The number of phenols is 1. The summed E-state index contributed by atoms with van der Waals surface area (Å²) in [4.78, 5) is 15.6. The quantitative estimate of drug-likeness (QED) is 0.784. The lowest BCUT2D eigenvalue weighted by molar-refractivity contribution is 0.103. The standard InChI is InChI=1S/C12H8FNO2/c13-9-1-2-11(15)10(7-9)12(16)8-3-5-14-6-4-8/h1-7,15H. The van der Waals surface area contributed by atoms with Crippen LogP contribution in [0.4, 0.5) is 4.39 Å². The first-order valence-corrected chi connectivity index (χ1v) is 4.62. The minimum absolute atomic E-state index is 0.0498. The second kappa shape index (κ2) is 4.10. The first-order chi connectivity index (χ1) is 7.68. The molecule has 0 radical (unpaired) electrons. The van der Waals surface area contributed by atoms with Gasteiger partial charge in [0.1, 0.15) is 11.6 Å². The number of phenolic OH excluding ortho intramolecular Hbond substituents is 1. The van der Waals surface area contributed by atoms with E-state index in [0.29, 0.717) is 5.56 Å². The van der Waals surface area contributed by atoms with Gasteiger partial charge in [-0.05, 0) is 30.3 Å². The van der Waals surface area contributed by atoms with Crippen molar-refractivity contribution in [2.45, 2.75) is 0 Å². The van der Waals surface area contributed by atoms with Crippen LogP contribution in [-0.2, 0) is 0 Å². The molecular formula is C12H8FNO2. The maximum absolute atomic E-state index is 12.9. The fraction of sp³-hybridized carbons (Fsp3) is 0. The van der Waals surface area contributed by atoms with E-state index < -0.39 is 11.6 Å². The van der Waals surface area contributed by atoms with Crippen LogP contribution in [-0.4, -0.2) is 15.9 Å². The first-order valence-electron chi connectivity index (χ1n) is 4.62. The van der Waals surface area contributed by atoms with Crippen molar-refractivity contribution in [2.24, 2.45) is 0 Å². The highest BCUT2D eigenvalue weighted by Crippen LogP contribution is 2.21. The summed E-state index contributed by atoms with van der Waals surface area (Å²) in [5, 5.41) is 9.46. The number of benzene rings is 1. The predicted molar refractivity (Wildman–Crippen MR) is 55.7 cm³/mol. The van der Waals surface area contributed by atoms with Gasteiger partial charge in [-0.1, -0.05) is 0 Å². The fourth-order valence-corrected chi connectivity index (χ4v) is 1.35. The Labute approximate surface area is 91.2 Å². The number of pyridine rings is 1. The van der Waals surface area contributed by atoms with E-state index in [4.69, 9.17) is 0 Å². The monoisotopic (exact) mass is 217 g/mol. The summed E-state index contributed by atoms with van der Waals surface area (Å²) in [7, 11) is 0. The molecule has 80 valence electrons. The summed E-state index contributed by atoms with van der Waals surface area (Å²) >= 11 is 0. The van der Waals surface area contributed by atoms with Crippen molar-refractivity contribution in [3.8, 4) is 5.75 Å². The summed E-state index contributed by atoms with van der Waals surface area (Å²) in [6.45, 7) is 0. The Morgan fingerprint density at radius 1 is 1.19 bits per heavy atom. The number of hydrogen-bond acceptors (Lipinski definition) is 3. The van der Waals surface area contributed by atoms with Gasteiger partial charge in [0, 0.05) is 18.0 Å². The Bertz CT molecular complexity index is 526. The molecule has 0 aliphatic heterocycles. The van der Waals surface area contributed by atoms with Crippen LogP contribution in [0, 0.1) is 5.82 Å². The molecular weight excluding hydrogens is 209 g/mol. The van der Waals surface area contributed by atoms with E-state index >= 15 is 0 Å². The van der Waals surface area contributed by atoms with Crippen molar-refractivity contribution in [2.75, 3.05) is 0 Å². The molecule has 0 aliphatic rings. The molecule has 0 unspecified atom stereocenters. The van der Waals surface area contributed by atoms with Crippen molar-refractivity contribution in [3.05, 3.63) is 59.7 Å². The number of aromatic nitrogens is 1. The Hall–Kier alpha value is -2.23. The highest BCUT2D eigenvalue weighted by molar-refractivity contribution is 6.10. The minimum atomic E-state index is -0.560. The van der Waals surface area contributed by atoms with E-state index in [9.17, 15) is 14.3 Å². The number of halogens is 1. The summed E-state index contributed by atoms with van der Waals surface area (Å²) in [6.07, 6.45) is 2.92. The average Bonchev–Trinajstić information content (AvgIpc) is 2.32. The fourth-order valence-electron chi connectivity index (χ4n) is 1.35. The third kappa shape index (κ3) is 1.91. The average molecular weight is 217 g/mol. The molecule has 0 bridgehead atoms. The second-order valence-electron chi connectivity index (χ2n) is 3.23. The maximum atomic E-state index is 12.9. The van der Waals surface area contributed by atoms with Gasteiger partial charge in [0.15, 0.2) is 5.78 Å². The molecule has 0 atom stereocenters. The number of carbonyl (C=O) groups is 1. The molecule has 1 aromatic carbocycles. The van der Waals surface area contributed by atoms with E-state index in [2.05, 4.69) is 4.98 Å². The smallest absolute Gasteiger partial charge is 0.196 e. The van der Waals surface area contributed by atoms with Gasteiger partial charge in [-0.3, -0.25) is 9.78 Å². The summed E-state index contributed by atoms with van der Waals surface area (Å²) < 4.78 is 12.9. The molecule has 16 heavy (non-hydrogen) atoms. The second-order valence-corrected chi connectivity index (χ2v) is 3.23. The van der Waals surface area contributed by atoms with E-state index in [1.54, 1.807) is 0 Å². The summed E-state index contributed by atoms with van der Waals surface area (Å²) in [5.41, 5.74) is 0.308. The number of aromatic hydroxyl groups is 1. The topological polar surface area (TPSA) is 50.2 Å². The van der Waals surface area contributed by atoms with Crippen LogP contribution >= 0.6 is 0 Å². The van der Waals surface area contributed by atoms with Crippen molar-refractivity contribution >= 4 is 5.78 Å². The first kappa shape index (κ1) is 10.3. The Kier molecular flexibility index (Phi) is 2.64. The number of carbonyl (C=O) groups excluding carboxylic acids is 1. The molecule has 0 spiro atoms. The van der Waals surface area contributed by atoms with Crippen molar-refractivity contribution in [3.63, 3.8) is 0 Å². The van der Waals surface area contributed by atoms with E-state index in [-0.39, 0.29) is 11.3 Å². The number of rotatable bonds is 2. The highest BCUT2D eigenvalue weighted by atomic mass is 19.1. The van der Waals surface area contributed by atoms with Crippen molar-refractivity contribution in [1.82, 2.24) is 4.98 Å². The molecule has 0 amide bonds. The molecule has 1 N–H and O–H groups in total. The Morgan fingerprint density at radius 2 is 1.88 bits per heavy atom. The molecule has 1 aromatic heterocycles. The predicted octanol–water partition coefficient (Wildman–Crippen LogP) is 2.16. The van der Waals surface area contributed by atoms with Gasteiger partial charge in [0.25, 0.3) is 0 Å². The third-order valence-corrected chi connectivity index (χ3v) is 2.15. The number of ketones is 1. The van der Waals surface area contributed by atoms with Gasteiger partial charge >= 0.3 is 0 Å². The number of nitrogens with zero attached hydrogens (tertiary/aromatic N) is 1. The van der Waals surface area contributed by atoms with E-state index in [0.717, 1.165) is 18.2 Å². The van der Waals surface area contributed by atoms with E-state index in [1.807, 2.05) is 0 Å². The van der Waals surface area contributed by atoms with Crippen molar-refractivity contribution in [1.29, 1.82) is 0 Å². The van der Waals surface area contributed by atoms with Gasteiger partial charge in [-0.25, -0.2) is 4.39 Å². The highest BCUT2D eigenvalue weighted by Gasteiger charge is 2.13. The molecule has 1 heterocycles. The Morgan fingerprint density at radius 3 is 2.56 bits per heavy atom. The zero-order valence-electron chi connectivity index (χ0n) is 8.22. The summed E-state index contributed by atoms with van der Waals surface area (Å²) in [5.74, 6) is -1.22. The Balaban J connectivity index is 2.46. The van der Waals surface area contributed by atoms with Crippen LogP contribution in [0.15, 0.2) is 42.7 Å². The third-order valence-electron chi connectivity index (χ3n) is 2.15. The van der Waals surface area contributed by atoms with Gasteiger partial charge in [-0.15, -0.1) is 0 Å². The van der Waals surface area contributed by atoms with Gasteiger partial charge in [-0.2, -0.15) is 0 Å². The molecule has 0 saturated carbocycles. The molecule has 2 aromatic rings. The normalized spacial score (nSPS) is 10.1. The number of hydrogen-bond donors (Lipinski definition) is 1. The van der Waals surface area contributed by atoms with E-state index in [1.165, 1.54) is 24.5 Å². The zero-order chi connectivity index (χ0) is 11.5. The lowest BCUT2D eigenvalue weighted by Crippen LogP contribution is -2.02. The van der Waals surface area contributed by atoms with Crippen LogP contribution in [0.3, 0.4) is 0 Å². The van der Waals surface area contributed by atoms with Crippen molar-refractivity contribution < 1.29 is 14.3 Å². The molecule has 0 aliphatic carbocycles. The lowest BCUT2D eigenvalue weighted by atomic mass is 10.0. The lowest BCUT2D eigenvalue weighted by Gasteiger charge is -2.03. The van der Waals surface area contributed by atoms with Crippen LogP contribution < -0.4 is 0 Å². The molecule has 2 rings (SSSR count). The molecule has 0 saturated heterocycles. The molecule has 4 heteroatoms. The van der Waals surface area contributed by atoms with Crippen LogP contribution in [0.1, 0.15) is 15.9 Å². The molecule has 0 fully saturated rings. The maximum Gasteiger partial charge on any atom is 0.196 e. The van der Waals surface area contributed by atoms with Crippen LogP contribution in [0.2, 0.25) is 0 Å². The summed E-state index contributed by atoms with van der Waals surface area (Å²) in [6, 6.07) is 6.28. The molecule has 3 nitrogen and oxygen atoms in total. The minimum Gasteiger partial charge on any atom is -0.507 e.